The Hall–Kier alpha value is -3.28. The summed E-state index contributed by atoms with van der Waals surface area (Å²) in [7, 11) is 1.59. The van der Waals surface area contributed by atoms with Crippen molar-refractivity contribution in [1.29, 1.82) is 0 Å². The smallest absolute Gasteiger partial charge is 0.344 e. The van der Waals surface area contributed by atoms with Gasteiger partial charge in [0, 0.05) is 11.6 Å². The minimum absolute atomic E-state index is 0.197. The van der Waals surface area contributed by atoms with Crippen molar-refractivity contribution in [3.63, 3.8) is 0 Å². The zero-order valence-corrected chi connectivity index (χ0v) is 15.4. The molecule has 2 aromatic carbocycles. The van der Waals surface area contributed by atoms with Crippen LogP contribution in [0.15, 0.2) is 57.7 Å². The molecule has 1 heterocycles. The van der Waals surface area contributed by atoms with Crippen molar-refractivity contribution in [3.8, 4) is 22.8 Å². The molecule has 0 atom stereocenters. The predicted molar refractivity (Wildman–Crippen MR) is 101 cm³/mol. The molecule has 0 aliphatic rings. The number of hydrogen-bond acceptors (Lipinski definition) is 6. The third kappa shape index (κ3) is 4.47. The van der Waals surface area contributed by atoms with Crippen LogP contribution in [0.1, 0.15) is 13.8 Å². The molecule has 0 fully saturated rings. The van der Waals surface area contributed by atoms with E-state index in [1.54, 1.807) is 51.3 Å². The zero-order valence-electron chi connectivity index (χ0n) is 15.4. The largest absolute Gasteiger partial charge is 0.497 e. The first-order valence-electron chi connectivity index (χ1n) is 8.51. The maximum atomic E-state index is 12.5. The summed E-state index contributed by atoms with van der Waals surface area (Å²) in [5.41, 5.74) is 1.01. The van der Waals surface area contributed by atoms with Crippen molar-refractivity contribution in [2.45, 2.75) is 20.0 Å². The van der Waals surface area contributed by atoms with E-state index in [-0.39, 0.29) is 18.1 Å². The monoisotopic (exact) mass is 368 g/mol. The van der Waals surface area contributed by atoms with Crippen LogP contribution in [0.2, 0.25) is 0 Å². The fraction of sp³-hybridized carbons (Fsp3) is 0.238. The molecule has 0 amide bonds. The van der Waals surface area contributed by atoms with Gasteiger partial charge in [-0.15, -0.1) is 0 Å². The molecule has 3 aromatic rings. The first kappa shape index (κ1) is 18.5. The summed E-state index contributed by atoms with van der Waals surface area (Å²) in [6, 6.07) is 13.5. The number of hydrogen-bond donors (Lipinski definition) is 0. The lowest BCUT2D eigenvalue weighted by Crippen LogP contribution is -2.18. The zero-order chi connectivity index (χ0) is 19.4. The molecule has 3 rings (SSSR count). The van der Waals surface area contributed by atoms with Gasteiger partial charge in [0.15, 0.2) is 12.0 Å². The Labute approximate surface area is 156 Å². The molecule has 6 nitrogen and oxygen atoms in total. The van der Waals surface area contributed by atoms with Crippen molar-refractivity contribution in [2.75, 3.05) is 13.7 Å². The molecule has 0 unspecified atom stereocenters. The van der Waals surface area contributed by atoms with E-state index >= 15 is 0 Å². The average molecular weight is 368 g/mol. The molecule has 0 spiro atoms. The average Bonchev–Trinajstić information content (AvgIpc) is 2.66. The standard InChI is InChI=1S/C21H20O6/c1-13(2)26-21(23)12-25-16-8-9-19-17(10-16)18(22)11-20(27-19)14-4-6-15(24-3)7-5-14/h4-11,13H,12H2,1-3H3. The highest BCUT2D eigenvalue weighted by Crippen LogP contribution is 2.26. The minimum Gasteiger partial charge on any atom is -0.497 e. The fourth-order valence-electron chi connectivity index (χ4n) is 2.56. The number of fused-ring (bicyclic) bond motifs is 1. The lowest BCUT2D eigenvalue weighted by Gasteiger charge is -2.10. The van der Waals surface area contributed by atoms with Gasteiger partial charge >= 0.3 is 5.97 Å². The number of carbonyl (C=O) groups excluding carboxylic acids is 1. The topological polar surface area (TPSA) is 75.0 Å². The summed E-state index contributed by atoms with van der Waals surface area (Å²) >= 11 is 0. The first-order chi connectivity index (χ1) is 13.0. The molecule has 140 valence electrons. The van der Waals surface area contributed by atoms with Crippen LogP contribution in [0.4, 0.5) is 0 Å². The normalized spacial score (nSPS) is 10.8. The van der Waals surface area contributed by atoms with Gasteiger partial charge in [-0.3, -0.25) is 4.79 Å². The molecule has 0 bridgehead atoms. The maximum Gasteiger partial charge on any atom is 0.344 e. The van der Waals surface area contributed by atoms with Gasteiger partial charge in [0.2, 0.25) is 0 Å². The van der Waals surface area contributed by atoms with Crippen LogP contribution in [-0.2, 0) is 9.53 Å². The Morgan fingerprint density at radius 3 is 2.41 bits per heavy atom. The van der Waals surface area contributed by atoms with E-state index < -0.39 is 5.97 Å². The second-order valence-electron chi connectivity index (χ2n) is 6.19. The van der Waals surface area contributed by atoms with Gasteiger partial charge in [-0.1, -0.05) is 0 Å². The van der Waals surface area contributed by atoms with E-state index in [2.05, 4.69) is 0 Å². The van der Waals surface area contributed by atoms with Crippen molar-refractivity contribution in [1.82, 2.24) is 0 Å². The Balaban J connectivity index is 1.84. The lowest BCUT2D eigenvalue weighted by molar-refractivity contribution is -0.149. The summed E-state index contributed by atoms with van der Waals surface area (Å²) < 4.78 is 21.4. The minimum atomic E-state index is -0.466. The number of benzene rings is 2. The molecule has 0 saturated heterocycles. The molecule has 6 heteroatoms. The molecule has 0 aliphatic carbocycles. The first-order valence-corrected chi connectivity index (χ1v) is 8.51. The van der Waals surface area contributed by atoms with E-state index in [0.717, 1.165) is 11.3 Å². The predicted octanol–water partition coefficient (Wildman–Crippen LogP) is 3.80. The number of ether oxygens (including phenoxy) is 3. The van der Waals surface area contributed by atoms with Gasteiger partial charge in [-0.05, 0) is 56.3 Å². The van der Waals surface area contributed by atoms with Crippen LogP contribution in [0, 0.1) is 0 Å². The Morgan fingerprint density at radius 2 is 1.74 bits per heavy atom. The molecule has 0 radical (unpaired) electrons. The van der Waals surface area contributed by atoms with Crippen molar-refractivity contribution in [3.05, 3.63) is 58.8 Å². The second kappa shape index (κ2) is 7.95. The molecule has 0 N–H and O–H groups in total. The van der Waals surface area contributed by atoms with Crippen LogP contribution in [0.5, 0.6) is 11.5 Å². The number of rotatable bonds is 6. The van der Waals surface area contributed by atoms with Gasteiger partial charge in [-0.2, -0.15) is 0 Å². The number of methoxy groups -OCH3 is 1. The van der Waals surface area contributed by atoms with Gasteiger partial charge in [0.1, 0.15) is 22.8 Å². The number of esters is 1. The van der Waals surface area contributed by atoms with E-state index in [0.29, 0.717) is 22.5 Å². The van der Waals surface area contributed by atoms with Crippen molar-refractivity contribution < 1.29 is 23.4 Å². The highest BCUT2D eigenvalue weighted by molar-refractivity contribution is 5.80. The van der Waals surface area contributed by atoms with Crippen molar-refractivity contribution >= 4 is 16.9 Å². The van der Waals surface area contributed by atoms with E-state index in [4.69, 9.17) is 18.6 Å². The van der Waals surface area contributed by atoms with Gasteiger partial charge < -0.3 is 18.6 Å². The van der Waals surface area contributed by atoms with Crippen LogP contribution in [0.3, 0.4) is 0 Å². The molecule has 27 heavy (non-hydrogen) atoms. The third-order valence-corrected chi connectivity index (χ3v) is 3.80. The van der Waals surface area contributed by atoms with Crippen LogP contribution in [0.25, 0.3) is 22.3 Å². The summed E-state index contributed by atoms with van der Waals surface area (Å²) in [5.74, 6) is 1.11. The van der Waals surface area contributed by atoms with Crippen LogP contribution in [-0.4, -0.2) is 25.8 Å². The molecule has 0 aliphatic heterocycles. The Bertz CT molecular complexity index is 1000. The molecular weight excluding hydrogens is 348 g/mol. The number of carbonyl (C=O) groups is 1. The van der Waals surface area contributed by atoms with Crippen LogP contribution < -0.4 is 14.9 Å². The second-order valence-corrected chi connectivity index (χ2v) is 6.19. The Morgan fingerprint density at radius 1 is 1.04 bits per heavy atom. The molecule has 1 aromatic heterocycles. The van der Waals surface area contributed by atoms with Crippen molar-refractivity contribution in [2.24, 2.45) is 0 Å². The molecule has 0 saturated carbocycles. The lowest BCUT2D eigenvalue weighted by atomic mass is 10.1. The SMILES string of the molecule is COc1ccc(-c2cc(=O)c3cc(OCC(=O)OC(C)C)ccc3o2)cc1. The van der Waals surface area contributed by atoms with Gasteiger partial charge in [0.05, 0.1) is 18.6 Å². The van der Waals surface area contributed by atoms with E-state index in [1.165, 1.54) is 6.07 Å². The summed E-state index contributed by atoms with van der Waals surface area (Å²) in [6.45, 7) is 3.30. The Kier molecular flexibility index (Phi) is 5.45. The fourth-order valence-corrected chi connectivity index (χ4v) is 2.56. The molecular formula is C21H20O6. The highest BCUT2D eigenvalue weighted by atomic mass is 16.6. The maximum absolute atomic E-state index is 12.5. The van der Waals surface area contributed by atoms with E-state index in [1.807, 2.05) is 12.1 Å². The quantitative estimate of drug-likeness (QED) is 0.616. The summed E-state index contributed by atoms with van der Waals surface area (Å²) in [4.78, 5) is 24.1. The summed E-state index contributed by atoms with van der Waals surface area (Å²) in [6.07, 6.45) is -0.207. The van der Waals surface area contributed by atoms with E-state index in [9.17, 15) is 9.59 Å². The van der Waals surface area contributed by atoms with Gasteiger partial charge in [0.25, 0.3) is 0 Å². The highest BCUT2D eigenvalue weighted by Gasteiger charge is 2.10. The summed E-state index contributed by atoms with van der Waals surface area (Å²) in [5, 5.41) is 0.377. The van der Waals surface area contributed by atoms with Crippen LogP contribution >= 0.6 is 0 Å². The third-order valence-electron chi connectivity index (χ3n) is 3.80. The van der Waals surface area contributed by atoms with Gasteiger partial charge in [-0.25, -0.2) is 4.79 Å².